The van der Waals surface area contributed by atoms with E-state index in [2.05, 4.69) is 49.4 Å². The van der Waals surface area contributed by atoms with E-state index < -0.39 is 0 Å². The molecule has 0 unspecified atom stereocenters. The Labute approximate surface area is 174 Å². The zero-order valence-electron chi connectivity index (χ0n) is 17.2. The van der Waals surface area contributed by atoms with Crippen molar-refractivity contribution in [1.29, 1.82) is 0 Å². The zero-order chi connectivity index (χ0) is 21.1. The molecule has 152 valence electrons. The van der Waals surface area contributed by atoms with Gasteiger partial charge in [0, 0.05) is 18.3 Å². The van der Waals surface area contributed by atoms with Gasteiger partial charge in [-0.15, -0.1) is 5.10 Å². The Hall–Kier alpha value is -3.74. The molecule has 0 saturated carbocycles. The van der Waals surface area contributed by atoms with Crippen molar-refractivity contribution >= 4 is 23.3 Å². The molecule has 1 aromatic heterocycles. The summed E-state index contributed by atoms with van der Waals surface area (Å²) in [6.45, 7) is 6.66. The topological polar surface area (TPSA) is 81.9 Å². The normalized spacial score (nSPS) is 11.4. The molecule has 30 heavy (non-hydrogen) atoms. The molecule has 0 spiro atoms. The molecule has 1 N–H and O–H groups in total. The Kier molecular flexibility index (Phi) is 5.18. The highest BCUT2D eigenvalue weighted by Gasteiger charge is 2.24. The van der Waals surface area contributed by atoms with Crippen LogP contribution in [-0.2, 0) is 16.1 Å². The van der Waals surface area contributed by atoms with Crippen molar-refractivity contribution in [2.24, 2.45) is 0 Å². The number of carbonyl (C=O) groups is 1. The van der Waals surface area contributed by atoms with Crippen LogP contribution >= 0.6 is 0 Å². The van der Waals surface area contributed by atoms with Crippen LogP contribution < -0.4 is 5.32 Å². The molecule has 0 saturated heterocycles. The van der Waals surface area contributed by atoms with Crippen molar-refractivity contribution in [3.8, 4) is 16.9 Å². The number of fused-ring (bicyclic) bond motifs is 2. The largest absolute Gasteiger partial charge is 0.462 e. The first-order chi connectivity index (χ1) is 14.4. The molecule has 0 bridgehead atoms. The summed E-state index contributed by atoms with van der Waals surface area (Å²) in [6, 6.07) is 16.4. The molecule has 3 heterocycles. The number of hydrogen-bond acceptors (Lipinski definition) is 6. The first-order valence-electron chi connectivity index (χ1n) is 9.69. The van der Waals surface area contributed by atoms with Gasteiger partial charge in [0.05, 0.1) is 17.2 Å². The van der Waals surface area contributed by atoms with Crippen molar-refractivity contribution in [2.45, 2.75) is 32.9 Å². The van der Waals surface area contributed by atoms with E-state index in [0.717, 1.165) is 34.8 Å². The summed E-state index contributed by atoms with van der Waals surface area (Å²) in [5.41, 5.74) is 5.01. The second kappa shape index (κ2) is 7.94. The average molecular weight is 401 g/mol. The molecule has 0 aliphatic carbocycles. The smallest absolute Gasteiger partial charge is 0.293 e. The SMILES string of the molecule is CC(C)(C)OC=O.c1ccc(CNc2cnc3cc(-c4cn5nc4-5)ccc3n2)cc1. The zero-order valence-corrected chi connectivity index (χ0v) is 17.2. The molecule has 0 atom stereocenters. The van der Waals surface area contributed by atoms with E-state index in [1.165, 1.54) is 11.1 Å². The predicted octanol–water partition coefficient (Wildman–Crippen LogP) is 4.37. The maximum Gasteiger partial charge on any atom is 0.293 e. The molecule has 2 aliphatic heterocycles. The van der Waals surface area contributed by atoms with Gasteiger partial charge in [-0.25, -0.2) is 9.67 Å². The van der Waals surface area contributed by atoms with Crippen molar-refractivity contribution < 1.29 is 9.53 Å². The fraction of sp³-hybridized carbons (Fsp3) is 0.217. The molecular formula is C23H23N5O2. The molecule has 7 heteroatoms. The fourth-order valence-corrected chi connectivity index (χ4v) is 2.86. The molecule has 7 nitrogen and oxygen atoms in total. The highest BCUT2D eigenvalue weighted by atomic mass is 16.5. The lowest BCUT2D eigenvalue weighted by molar-refractivity contribution is -0.138. The van der Waals surface area contributed by atoms with E-state index in [9.17, 15) is 4.79 Å². The second-order valence-electron chi connectivity index (χ2n) is 7.94. The Balaban J connectivity index is 0.000000272. The van der Waals surface area contributed by atoms with E-state index in [4.69, 9.17) is 0 Å². The van der Waals surface area contributed by atoms with Gasteiger partial charge in [-0.3, -0.25) is 9.78 Å². The molecule has 0 radical (unpaired) electrons. The summed E-state index contributed by atoms with van der Waals surface area (Å²) in [6.07, 6.45) is 3.81. The van der Waals surface area contributed by atoms with Crippen molar-refractivity contribution in [2.75, 3.05) is 5.32 Å². The lowest BCUT2D eigenvalue weighted by atomic mass is 10.1. The Morgan fingerprint density at radius 3 is 2.50 bits per heavy atom. The molecule has 0 amide bonds. The standard InChI is InChI=1S/C18H13N5.C5H10O2/c1-2-4-12(5-3-1)9-20-17-10-19-16-8-13(6-7-15(16)21-17)14-11-23-18(14)22-23;1-5(2,3)7-4-6/h1-8,10-11H,9H2,(H,20,21);4H,1-3H3. The van der Waals surface area contributed by atoms with Crippen LogP contribution in [0.2, 0.25) is 0 Å². The van der Waals surface area contributed by atoms with Gasteiger partial charge in [-0.1, -0.05) is 36.4 Å². The summed E-state index contributed by atoms with van der Waals surface area (Å²) in [5, 5.41) is 7.50. The van der Waals surface area contributed by atoms with Crippen molar-refractivity contribution in [1.82, 2.24) is 19.7 Å². The first kappa shape index (κ1) is 19.6. The van der Waals surface area contributed by atoms with Crippen LogP contribution in [-0.4, -0.2) is 31.8 Å². The summed E-state index contributed by atoms with van der Waals surface area (Å²) >= 11 is 0. The van der Waals surface area contributed by atoms with E-state index in [1.54, 1.807) is 6.20 Å². The summed E-state index contributed by atoms with van der Waals surface area (Å²) in [7, 11) is 0. The Morgan fingerprint density at radius 1 is 1.10 bits per heavy atom. The third-order valence-electron chi connectivity index (χ3n) is 4.44. The minimum Gasteiger partial charge on any atom is -0.462 e. The molecule has 5 rings (SSSR count). The highest BCUT2D eigenvalue weighted by Crippen LogP contribution is 2.35. The lowest BCUT2D eigenvalue weighted by Gasteiger charge is -2.14. The maximum absolute atomic E-state index is 9.60. The number of hydrogen-bond donors (Lipinski definition) is 1. The third kappa shape index (κ3) is 4.63. The number of nitrogens with one attached hydrogen (secondary N) is 1. The van der Waals surface area contributed by atoms with Gasteiger partial charge in [-0.05, 0) is 44.0 Å². The van der Waals surface area contributed by atoms with Gasteiger partial charge >= 0.3 is 0 Å². The first-order valence-corrected chi connectivity index (χ1v) is 9.69. The van der Waals surface area contributed by atoms with Crippen molar-refractivity contribution in [3.05, 3.63) is 66.5 Å². The van der Waals surface area contributed by atoms with E-state index >= 15 is 0 Å². The monoisotopic (exact) mass is 401 g/mol. The fourth-order valence-electron chi connectivity index (χ4n) is 2.86. The van der Waals surface area contributed by atoms with Gasteiger partial charge in [0.15, 0.2) is 5.82 Å². The number of rotatable bonds is 5. The van der Waals surface area contributed by atoms with Crippen LogP contribution in [0.5, 0.6) is 0 Å². The van der Waals surface area contributed by atoms with Crippen molar-refractivity contribution in [3.63, 3.8) is 0 Å². The summed E-state index contributed by atoms with van der Waals surface area (Å²) in [5.74, 6) is 1.85. The average Bonchev–Trinajstić information content (AvgIpc) is 3.36. The second-order valence-corrected chi connectivity index (χ2v) is 7.94. The summed E-state index contributed by atoms with van der Waals surface area (Å²) in [4.78, 5) is 18.8. The van der Waals surface area contributed by atoms with Gasteiger partial charge in [0.25, 0.3) is 6.47 Å². The van der Waals surface area contributed by atoms with E-state index in [-0.39, 0.29) is 5.60 Å². The van der Waals surface area contributed by atoms with Gasteiger partial charge in [-0.2, -0.15) is 0 Å². The van der Waals surface area contributed by atoms with E-state index in [1.807, 2.05) is 55.9 Å². The number of ether oxygens (including phenoxy) is 1. The van der Waals surface area contributed by atoms with Crippen LogP contribution in [0, 0.1) is 0 Å². The minimum atomic E-state index is -0.318. The minimum absolute atomic E-state index is 0.318. The Morgan fingerprint density at radius 2 is 1.90 bits per heavy atom. The number of anilines is 1. The number of aromatic nitrogens is 4. The quantitative estimate of drug-likeness (QED) is 0.441. The number of benzene rings is 2. The predicted molar refractivity (Wildman–Crippen MR) is 116 cm³/mol. The molecule has 3 aromatic rings. The molecule has 0 fully saturated rings. The lowest BCUT2D eigenvalue weighted by Crippen LogP contribution is -2.17. The van der Waals surface area contributed by atoms with Crippen LogP contribution in [0.15, 0.2) is 60.9 Å². The van der Waals surface area contributed by atoms with Gasteiger partial charge < -0.3 is 10.1 Å². The highest BCUT2D eigenvalue weighted by molar-refractivity contribution is 5.85. The Bertz CT molecular complexity index is 1180. The van der Waals surface area contributed by atoms with E-state index in [0.29, 0.717) is 6.47 Å². The molecular weight excluding hydrogens is 378 g/mol. The van der Waals surface area contributed by atoms with Gasteiger partial charge in [0.2, 0.25) is 0 Å². The number of carbonyl (C=O) groups excluding carboxylic acids is 1. The molecule has 2 aliphatic rings. The third-order valence-corrected chi connectivity index (χ3v) is 4.44. The van der Waals surface area contributed by atoms with Crippen LogP contribution in [0.25, 0.3) is 28.0 Å². The van der Waals surface area contributed by atoms with Gasteiger partial charge in [0.1, 0.15) is 11.4 Å². The van der Waals surface area contributed by atoms with Crippen LogP contribution in [0.1, 0.15) is 26.3 Å². The number of nitrogens with zero attached hydrogens (tertiary/aromatic N) is 4. The summed E-state index contributed by atoms with van der Waals surface area (Å²) < 4.78 is 6.43. The maximum atomic E-state index is 9.60. The van der Waals surface area contributed by atoms with Crippen LogP contribution in [0.3, 0.4) is 0 Å². The van der Waals surface area contributed by atoms with Crippen LogP contribution in [0.4, 0.5) is 5.82 Å². The molecule has 2 aromatic carbocycles.